The Labute approximate surface area is 824 Å². The average Bonchev–Trinajstić information content (AvgIpc) is 1.64. The van der Waals surface area contributed by atoms with Crippen molar-refractivity contribution in [3.63, 3.8) is 0 Å². The Hall–Kier alpha value is -12.7. The molecule has 10 N–H and O–H groups in total. The number of pyridine rings is 8. The molecule has 20 rings (SSSR count). The molecule has 0 spiro atoms. The number of hydrogen-bond acceptors (Lipinski definition) is 23. The van der Waals surface area contributed by atoms with Gasteiger partial charge in [0.25, 0.3) is 5.69 Å². The fourth-order valence-corrected chi connectivity index (χ4v) is 19.7. The first kappa shape index (κ1) is 105. The van der Waals surface area contributed by atoms with Crippen molar-refractivity contribution in [3.8, 4) is 5.75 Å². The van der Waals surface area contributed by atoms with Gasteiger partial charge in [-0.1, -0.05) is 73.7 Å². The number of fused-ring (bicyclic) bond motifs is 16. The van der Waals surface area contributed by atoms with E-state index in [2.05, 4.69) is 257 Å². The number of likely N-dealkylation sites (N-methyl/N-ethyl adjacent to an activating group) is 2. The predicted molar refractivity (Wildman–Crippen MR) is 592 cm³/mol. The van der Waals surface area contributed by atoms with Crippen molar-refractivity contribution < 1.29 is 19.9 Å². The van der Waals surface area contributed by atoms with Crippen LogP contribution in [0.5, 0.6) is 5.75 Å². The van der Waals surface area contributed by atoms with E-state index < -0.39 is 10.9 Å². The van der Waals surface area contributed by atoms with Gasteiger partial charge in [0.05, 0.1) is 66.0 Å². The van der Waals surface area contributed by atoms with Gasteiger partial charge in [-0.3, -0.25) is 50.0 Å². The molecule has 0 aliphatic carbocycles. The first-order chi connectivity index (χ1) is 65.3. The quantitative estimate of drug-likeness (QED) is 0.0330. The van der Waals surface area contributed by atoms with Crippen molar-refractivity contribution in [1.29, 1.82) is 0 Å². The highest BCUT2D eigenvalue weighted by atomic mass is 32.1. The molecule has 0 fully saturated rings. The zero-order valence-electron chi connectivity index (χ0n) is 83.0. The standard InChI is InChI=1S/C17H21N3S.C16H19N3S.C14H13NS.C13H11NOS.C12H11NO2.2C12H13N.C10H8N2O2.C4H12N2.C2H6S/c1-10-5-6-13-14(20-10)7-8-15-16(13)17(12(3)21-15)19-9-11(2)18-4;1-9(17)8-18-16-11(3)20-14-7-6-13-12(15(14)16)5-4-10(2)19-13;1-8-4-5-11-12(15-8)6-7-13-14(11)9(2)10(3)16-13;1-7-3-4-9-10(14-7)5-6-11-12(9)13(15)8(2)16-11;1-7-3-6-10-9(11(7)12(14)15)5-4-8(2)13-10;2*1-8-4-7-12-11(10(8)3)6-5-9(2)13-12;1-7-2-3-8-6-9(12(13)14)4-5-10(8)11-7;1-4(3-5)6-2;1-2-3/h5-8,11,18-19H,9H2,1-4H3;4-7,9,18H,8,17H2,1-3H3;4-7H,1-3H3;3-6,15H,1-2H3;3-6H,1-2H3,(H,14,15);2*4-7H,1-3H3;2-6H,1H3;4,6H,3,5H2,1-2H3;3H,2H2,1H3. The maximum Gasteiger partial charge on any atom is 0.336 e. The van der Waals surface area contributed by atoms with Crippen molar-refractivity contribution in [1.82, 2.24) is 50.5 Å². The van der Waals surface area contributed by atoms with Crippen molar-refractivity contribution in [2.75, 3.05) is 50.1 Å². The van der Waals surface area contributed by atoms with Crippen molar-refractivity contribution in [2.45, 2.75) is 170 Å². The van der Waals surface area contributed by atoms with Crippen LogP contribution in [-0.4, -0.2) is 119 Å². The molecule has 137 heavy (non-hydrogen) atoms. The Morgan fingerprint density at radius 3 is 1.07 bits per heavy atom. The summed E-state index contributed by atoms with van der Waals surface area (Å²) < 4.78 is 5.11. The minimum absolute atomic E-state index is 0.100. The second-order valence-electron chi connectivity index (χ2n) is 34.6. The molecular weight excluding hydrogens is 1800 g/mol. The molecule has 12 aromatic heterocycles. The molecule has 0 bridgehead atoms. The van der Waals surface area contributed by atoms with Crippen LogP contribution >= 0.6 is 58.0 Å². The van der Waals surface area contributed by atoms with Crippen LogP contribution in [0.15, 0.2) is 200 Å². The van der Waals surface area contributed by atoms with Gasteiger partial charge < -0.3 is 42.9 Å². The highest BCUT2D eigenvalue weighted by Crippen LogP contribution is 2.44. The maximum absolute atomic E-state index is 11.1. The van der Waals surface area contributed by atoms with Gasteiger partial charge in [-0.2, -0.15) is 12.6 Å². The smallest absolute Gasteiger partial charge is 0.336 e. The second-order valence-corrected chi connectivity index (χ2v) is 40.2. The molecule has 0 radical (unpaired) electrons. The molecule has 0 amide bonds. The van der Waals surface area contributed by atoms with Crippen LogP contribution in [0.25, 0.3) is 128 Å². The fourth-order valence-electron chi connectivity index (χ4n) is 15.5. The molecule has 20 aromatic rings. The van der Waals surface area contributed by atoms with E-state index in [1.807, 2.05) is 186 Å². The van der Waals surface area contributed by atoms with E-state index in [4.69, 9.17) is 16.6 Å². The summed E-state index contributed by atoms with van der Waals surface area (Å²) >= 11 is 10.9. The molecule has 20 nitrogen and oxygen atoms in total. The number of nitrogens with one attached hydrogen (secondary N) is 4. The number of rotatable bonds is 11. The molecule has 710 valence electrons. The Morgan fingerprint density at radius 2 is 0.693 bits per heavy atom. The largest absolute Gasteiger partial charge is 0.506 e. The molecular formula is C112H127N15O5S5. The molecule has 0 saturated carbocycles. The van der Waals surface area contributed by atoms with Crippen LogP contribution in [0.4, 0.5) is 17.1 Å². The van der Waals surface area contributed by atoms with Gasteiger partial charge in [-0.15, -0.1) is 45.3 Å². The highest BCUT2D eigenvalue weighted by Gasteiger charge is 2.19. The molecule has 3 unspecified atom stereocenters. The first-order valence-electron chi connectivity index (χ1n) is 45.9. The van der Waals surface area contributed by atoms with E-state index in [9.17, 15) is 20.0 Å². The van der Waals surface area contributed by atoms with Crippen LogP contribution in [0.1, 0.15) is 136 Å². The number of carboxylic acids is 1. The second kappa shape index (κ2) is 47.9. The van der Waals surface area contributed by atoms with Crippen LogP contribution in [0.3, 0.4) is 0 Å². The molecule has 0 aliphatic rings. The number of aromatic carboxylic acids is 1. The summed E-state index contributed by atoms with van der Waals surface area (Å²) in [6, 6.07) is 67.3. The van der Waals surface area contributed by atoms with E-state index in [1.165, 1.54) is 123 Å². The third-order valence-corrected chi connectivity index (χ3v) is 28.1. The van der Waals surface area contributed by atoms with E-state index in [-0.39, 0.29) is 11.7 Å². The number of thiol groups is 1. The van der Waals surface area contributed by atoms with Gasteiger partial charge in [-0.25, -0.2) is 4.79 Å². The number of nitrogens with zero attached hydrogens (tertiary/aromatic N) is 9. The Bertz CT molecular complexity index is 7520. The lowest BCUT2D eigenvalue weighted by Crippen LogP contribution is -2.29. The van der Waals surface area contributed by atoms with Gasteiger partial charge >= 0.3 is 5.97 Å². The minimum atomic E-state index is -0.899. The summed E-state index contributed by atoms with van der Waals surface area (Å²) in [7, 11) is 3.89. The summed E-state index contributed by atoms with van der Waals surface area (Å²) in [6.07, 6.45) is 0. The number of nitro benzene ring substituents is 1. The van der Waals surface area contributed by atoms with Crippen LogP contribution in [0.2, 0.25) is 0 Å². The van der Waals surface area contributed by atoms with Crippen LogP contribution in [0, 0.1) is 135 Å². The zero-order valence-corrected chi connectivity index (χ0v) is 87.2. The predicted octanol–water partition coefficient (Wildman–Crippen LogP) is 27.9. The number of thiophene rings is 4. The molecule has 0 aliphatic heterocycles. The number of aryl methyl sites for hydroxylation is 18. The molecule has 25 heteroatoms. The number of aromatic nitrogens is 8. The summed E-state index contributed by atoms with van der Waals surface area (Å²) in [5, 5.41) is 56.7. The van der Waals surface area contributed by atoms with Crippen LogP contribution in [-0.2, 0) is 0 Å². The molecule has 8 aromatic carbocycles. The van der Waals surface area contributed by atoms with Gasteiger partial charge in [0.15, 0.2) is 0 Å². The topological polar surface area (TPSA) is 304 Å². The normalized spacial score (nSPS) is 11.6. The van der Waals surface area contributed by atoms with E-state index in [0.717, 1.165) is 146 Å². The molecule has 12 heterocycles. The van der Waals surface area contributed by atoms with E-state index in [1.54, 1.807) is 30.4 Å². The van der Waals surface area contributed by atoms with Crippen molar-refractivity contribution >= 4 is 209 Å². The minimum Gasteiger partial charge on any atom is -0.506 e. The fraction of sp³-hybridized carbons (Fsp3) is 0.277. The van der Waals surface area contributed by atoms with Crippen molar-refractivity contribution in [2.24, 2.45) is 11.5 Å². The number of aromatic hydroxyl groups is 1. The summed E-state index contributed by atoms with van der Waals surface area (Å²) in [6.45, 7) is 47.6. The Morgan fingerprint density at radius 1 is 0.387 bits per heavy atom. The Kier molecular flexibility index (Phi) is 36.6. The highest BCUT2D eigenvalue weighted by molar-refractivity contribution is 7.80. The van der Waals surface area contributed by atoms with Crippen LogP contribution < -0.4 is 32.7 Å². The lowest BCUT2D eigenvalue weighted by Gasteiger charge is -2.13. The number of anilines is 2. The molecule has 3 atom stereocenters. The summed E-state index contributed by atoms with van der Waals surface area (Å²) in [5.74, 6) is 0.444. The summed E-state index contributed by atoms with van der Waals surface area (Å²) in [4.78, 5) is 62.0. The number of carboxylic acid groups (broad SMARTS) is 1. The van der Waals surface area contributed by atoms with E-state index in [0.29, 0.717) is 28.8 Å². The monoisotopic (exact) mass is 1920 g/mol. The van der Waals surface area contributed by atoms with Gasteiger partial charge in [-0.05, 0) is 320 Å². The summed E-state index contributed by atoms with van der Waals surface area (Å²) in [5.41, 5.74) is 37.5. The maximum atomic E-state index is 11.1. The lowest BCUT2D eigenvalue weighted by molar-refractivity contribution is -0.384. The first-order valence-corrected chi connectivity index (χ1v) is 49.8. The zero-order chi connectivity index (χ0) is 99.5. The van der Waals surface area contributed by atoms with Gasteiger partial charge in [0.2, 0.25) is 0 Å². The molecule has 0 saturated heterocycles. The third-order valence-electron chi connectivity index (χ3n) is 23.7. The van der Waals surface area contributed by atoms with Gasteiger partial charge in [0.1, 0.15) is 5.75 Å². The Balaban J connectivity index is 0.000000149. The van der Waals surface area contributed by atoms with Crippen molar-refractivity contribution in [3.05, 3.63) is 314 Å². The number of nitro groups is 1. The number of benzene rings is 8. The van der Waals surface area contributed by atoms with Gasteiger partial charge in [0, 0.05) is 198 Å². The number of non-ortho nitro benzene ring substituents is 1. The number of carbonyl (C=O) groups is 1. The lowest BCUT2D eigenvalue weighted by atomic mass is 10.0. The number of nitrogens with two attached hydrogens (primary N) is 2. The third kappa shape index (κ3) is 26.2. The van der Waals surface area contributed by atoms with E-state index >= 15 is 0 Å². The average molecular weight is 1920 g/mol. The number of hydrogen-bond donors (Lipinski definition) is 9. The SMILES string of the molecule is CCS.CNC(C)CN.CNC(C)CNc1c(C)sc2ccc3nc(C)ccc3c12.Cc1ccc2c(C(=O)O)c(C)ccc2n1.Cc1ccc2c(C)c(C)ccc2n1.Cc1ccc2c(C)c(C)ccc2n1.Cc1ccc2c(ccc3sc(C)c(C)c32)n1.Cc1ccc2c(ccc3sc(C)c(NCC(C)N)c32)n1.Cc1ccc2c(ccc3sc(C)c(O)c32)n1.Cc1ccc2cc([N+](=O)[O-])ccc2n1.